The zero-order valence-electron chi connectivity index (χ0n) is 10.1. The molecule has 4 N–H and O–H groups in total. The Labute approximate surface area is 109 Å². The second kappa shape index (κ2) is 3.29. The lowest BCUT2D eigenvalue weighted by Gasteiger charge is -2.44. The zero-order valence-corrected chi connectivity index (χ0v) is 10.1. The van der Waals surface area contributed by atoms with Gasteiger partial charge in [0.15, 0.2) is 0 Å². The number of hydroxylamine groups is 1. The number of phenolic OH excluding ortho intramolecular Hbond substituents is 1. The van der Waals surface area contributed by atoms with Gasteiger partial charge in [0.2, 0.25) is 5.79 Å². The summed E-state index contributed by atoms with van der Waals surface area (Å²) < 4.78 is 0. The first-order valence-corrected chi connectivity index (χ1v) is 6.16. The summed E-state index contributed by atoms with van der Waals surface area (Å²) in [6, 6.07) is 3.19. The van der Waals surface area contributed by atoms with Gasteiger partial charge < -0.3 is 20.6 Å². The smallest absolute Gasteiger partial charge is 0.235 e. The second-order valence-electron chi connectivity index (χ2n) is 5.25. The van der Waals surface area contributed by atoms with Gasteiger partial charge in [-0.2, -0.15) is 0 Å². The molecular formula is C13H14N2O4. The van der Waals surface area contributed by atoms with Gasteiger partial charge in [0, 0.05) is 11.6 Å². The maximum atomic E-state index is 10.6. The van der Waals surface area contributed by atoms with Gasteiger partial charge in [-0.15, -0.1) is 0 Å². The molecule has 6 nitrogen and oxygen atoms in total. The predicted molar refractivity (Wildman–Crippen MR) is 67.2 cm³/mol. The van der Waals surface area contributed by atoms with Crippen LogP contribution in [0.5, 0.6) is 5.75 Å². The van der Waals surface area contributed by atoms with Gasteiger partial charge in [-0.1, -0.05) is 6.58 Å². The minimum absolute atomic E-state index is 0.00243. The molecule has 19 heavy (non-hydrogen) atoms. The Morgan fingerprint density at radius 2 is 2.32 bits per heavy atom. The lowest BCUT2D eigenvalue weighted by atomic mass is 9.89. The lowest BCUT2D eigenvalue weighted by Crippen LogP contribution is -2.55. The maximum absolute atomic E-state index is 10.6. The first-order chi connectivity index (χ1) is 9.04. The monoisotopic (exact) mass is 262 g/mol. The number of nitrogens with one attached hydrogen (secondary N) is 1. The Bertz CT molecular complexity index is 603. The number of anilines is 1. The number of aliphatic hydroxyl groups excluding tert-OH is 1. The fourth-order valence-corrected chi connectivity index (χ4v) is 2.99. The van der Waals surface area contributed by atoms with Crippen molar-refractivity contribution in [3.63, 3.8) is 0 Å². The molecule has 3 atom stereocenters. The van der Waals surface area contributed by atoms with Crippen LogP contribution in [0.1, 0.15) is 11.1 Å². The fourth-order valence-electron chi connectivity index (χ4n) is 2.99. The van der Waals surface area contributed by atoms with Gasteiger partial charge >= 0.3 is 0 Å². The van der Waals surface area contributed by atoms with Crippen molar-refractivity contribution in [3.05, 3.63) is 29.8 Å². The molecule has 1 aromatic carbocycles. The molecule has 3 unspecified atom stereocenters. The predicted octanol–water partition coefficient (Wildman–Crippen LogP) is -0.308. The molecule has 3 aliphatic heterocycles. The number of hydrogen-bond donors (Lipinski definition) is 4. The standard InChI is InChI=1S/C13H14N2O4/c1-6-11-9(2-7(5-16)3-10(11)17)15-4-8-12(14-8)13(6,18)19-15/h2-3,8,12,14,16-18H,1,4-5H2. The van der Waals surface area contributed by atoms with Gasteiger partial charge in [-0.05, 0) is 17.7 Å². The van der Waals surface area contributed by atoms with Crippen LogP contribution in [0.25, 0.3) is 5.57 Å². The van der Waals surface area contributed by atoms with Crippen LogP contribution in [0.15, 0.2) is 18.7 Å². The van der Waals surface area contributed by atoms with E-state index in [4.69, 9.17) is 4.84 Å². The number of hydrogen-bond acceptors (Lipinski definition) is 6. The molecule has 6 heteroatoms. The van der Waals surface area contributed by atoms with Crippen molar-refractivity contribution in [1.29, 1.82) is 0 Å². The van der Waals surface area contributed by atoms with Gasteiger partial charge in [-0.3, -0.25) is 0 Å². The fraction of sp³-hybridized carbons (Fsp3) is 0.385. The highest BCUT2D eigenvalue weighted by Gasteiger charge is 2.62. The number of nitrogens with zero attached hydrogens (tertiary/aromatic N) is 1. The quantitative estimate of drug-likeness (QED) is 0.519. The summed E-state index contributed by atoms with van der Waals surface area (Å²) in [5, 5.41) is 34.6. The Hall–Kier alpha value is -1.60. The van der Waals surface area contributed by atoms with Crippen molar-refractivity contribution in [2.24, 2.45) is 0 Å². The van der Waals surface area contributed by atoms with Crippen LogP contribution in [0.3, 0.4) is 0 Å². The van der Waals surface area contributed by atoms with E-state index in [2.05, 4.69) is 11.9 Å². The van der Waals surface area contributed by atoms with Crippen LogP contribution in [0.2, 0.25) is 0 Å². The van der Waals surface area contributed by atoms with E-state index in [1.165, 1.54) is 6.07 Å². The van der Waals surface area contributed by atoms with Crippen molar-refractivity contribution in [2.45, 2.75) is 24.5 Å². The van der Waals surface area contributed by atoms with E-state index < -0.39 is 5.79 Å². The molecule has 4 rings (SSSR count). The Kier molecular flexibility index (Phi) is 1.95. The third-order valence-corrected chi connectivity index (χ3v) is 4.06. The molecule has 0 aromatic heterocycles. The minimum Gasteiger partial charge on any atom is -0.507 e. The molecule has 2 fully saturated rings. The lowest BCUT2D eigenvalue weighted by molar-refractivity contribution is -0.182. The summed E-state index contributed by atoms with van der Waals surface area (Å²) in [5.74, 6) is -1.51. The number of aromatic hydroxyl groups is 1. The summed E-state index contributed by atoms with van der Waals surface area (Å²) in [6.45, 7) is 4.29. The number of benzene rings is 1. The molecule has 100 valence electrons. The van der Waals surface area contributed by atoms with Crippen molar-refractivity contribution >= 4 is 11.3 Å². The van der Waals surface area contributed by atoms with Crippen LogP contribution in [0.4, 0.5) is 5.69 Å². The molecule has 0 aliphatic carbocycles. The maximum Gasteiger partial charge on any atom is 0.235 e. The Morgan fingerprint density at radius 3 is 3.05 bits per heavy atom. The zero-order chi connectivity index (χ0) is 13.4. The molecule has 0 amide bonds. The minimum atomic E-state index is -1.51. The average molecular weight is 262 g/mol. The highest BCUT2D eigenvalue weighted by atomic mass is 16.8. The van der Waals surface area contributed by atoms with Gasteiger partial charge in [0.25, 0.3) is 0 Å². The van der Waals surface area contributed by atoms with Crippen LogP contribution < -0.4 is 10.4 Å². The molecule has 3 aliphatic rings. The summed E-state index contributed by atoms with van der Waals surface area (Å²) in [5.41, 5.74) is 2.05. The molecule has 2 saturated heterocycles. The van der Waals surface area contributed by atoms with Crippen LogP contribution in [0, 0.1) is 0 Å². The third kappa shape index (κ3) is 1.29. The topological polar surface area (TPSA) is 95.1 Å². The third-order valence-electron chi connectivity index (χ3n) is 4.06. The molecule has 2 bridgehead atoms. The summed E-state index contributed by atoms with van der Waals surface area (Å²) in [6.07, 6.45) is 0. The summed E-state index contributed by atoms with van der Waals surface area (Å²) in [4.78, 5) is 5.59. The number of aliphatic hydroxyl groups is 2. The van der Waals surface area contributed by atoms with Crippen molar-refractivity contribution in [1.82, 2.24) is 5.32 Å². The highest BCUT2D eigenvalue weighted by molar-refractivity contribution is 5.86. The summed E-state index contributed by atoms with van der Waals surface area (Å²) in [7, 11) is 0. The highest BCUT2D eigenvalue weighted by Crippen LogP contribution is 2.51. The van der Waals surface area contributed by atoms with Crippen molar-refractivity contribution < 1.29 is 20.2 Å². The molecule has 0 radical (unpaired) electrons. The van der Waals surface area contributed by atoms with E-state index >= 15 is 0 Å². The SMILES string of the molecule is C=C1c2c(O)cc(CO)cc2N2CC3NC3C1(O)O2. The van der Waals surface area contributed by atoms with Gasteiger partial charge in [-0.25, -0.2) is 9.90 Å². The number of rotatable bonds is 1. The van der Waals surface area contributed by atoms with Crippen LogP contribution in [-0.4, -0.2) is 39.7 Å². The van der Waals surface area contributed by atoms with E-state index in [-0.39, 0.29) is 24.4 Å². The average Bonchev–Trinajstić information content (AvgIpc) is 3.15. The van der Waals surface area contributed by atoms with Crippen LogP contribution in [-0.2, 0) is 11.4 Å². The van der Waals surface area contributed by atoms with Crippen LogP contribution >= 0.6 is 0 Å². The van der Waals surface area contributed by atoms with Gasteiger partial charge in [0.1, 0.15) is 5.75 Å². The van der Waals surface area contributed by atoms with E-state index in [0.717, 1.165) is 0 Å². The number of fused-ring (bicyclic) bond motifs is 6. The first-order valence-electron chi connectivity index (χ1n) is 6.16. The number of phenols is 1. The molecule has 0 saturated carbocycles. The largest absolute Gasteiger partial charge is 0.507 e. The summed E-state index contributed by atoms with van der Waals surface area (Å²) >= 11 is 0. The van der Waals surface area contributed by atoms with Crippen molar-refractivity contribution in [3.8, 4) is 5.75 Å². The molecular weight excluding hydrogens is 248 g/mol. The van der Waals surface area contributed by atoms with E-state index in [1.807, 2.05) is 0 Å². The Morgan fingerprint density at radius 1 is 1.53 bits per heavy atom. The van der Waals surface area contributed by atoms with Crippen molar-refractivity contribution in [2.75, 3.05) is 11.6 Å². The molecule has 3 heterocycles. The molecule has 0 spiro atoms. The van der Waals surface area contributed by atoms with E-state index in [0.29, 0.717) is 28.9 Å². The normalized spacial score (nSPS) is 34.8. The van der Waals surface area contributed by atoms with E-state index in [9.17, 15) is 15.3 Å². The molecule has 1 aromatic rings. The Balaban J connectivity index is 1.94. The van der Waals surface area contributed by atoms with Gasteiger partial charge in [0.05, 0.1) is 30.4 Å². The first kappa shape index (κ1) is 11.2. The second-order valence-corrected chi connectivity index (χ2v) is 5.25. The van der Waals surface area contributed by atoms with E-state index in [1.54, 1.807) is 11.1 Å².